The summed E-state index contributed by atoms with van der Waals surface area (Å²) in [6, 6.07) is 9.14. The van der Waals surface area contributed by atoms with Gasteiger partial charge in [-0.1, -0.05) is 19.1 Å². The first-order valence-corrected chi connectivity index (χ1v) is 7.02. The van der Waals surface area contributed by atoms with Crippen molar-refractivity contribution in [3.05, 3.63) is 29.8 Å². The number of rotatable bonds is 5. The van der Waals surface area contributed by atoms with Crippen LogP contribution < -0.4 is 10.1 Å². The van der Waals surface area contributed by atoms with Crippen molar-refractivity contribution in [2.45, 2.75) is 26.3 Å². The van der Waals surface area contributed by atoms with Crippen LogP contribution >= 0.6 is 0 Å². The molecule has 0 unspecified atom stereocenters. The summed E-state index contributed by atoms with van der Waals surface area (Å²) in [4.78, 5) is 2.58. The Balaban J connectivity index is 2.06. The molecule has 1 aromatic rings. The molecule has 1 saturated heterocycles. The third-order valence-corrected chi connectivity index (χ3v) is 3.55. The second-order valence-electron chi connectivity index (χ2n) is 4.71. The van der Waals surface area contributed by atoms with E-state index < -0.39 is 0 Å². The van der Waals surface area contributed by atoms with E-state index in [0.717, 1.165) is 45.0 Å². The second kappa shape index (κ2) is 6.76. The van der Waals surface area contributed by atoms with E-state index in [-0.39, 0.29) is 0 Å². The van der Waals surface area contributed by atoms with Crippen molar-refractivity contribution in [2.75, 3.05) is 32.8 Å². The lowest BCUT2D eigenvalue weighted by atomic mass is 10.0. The molecule has 0 bridgehead atoms. The second-order valence-corrected chi connectivity index (χ2v) is 4.71. The topological polar surface area (TPSA) is 24.5 Å². The number of ether oxygens (including phenoxy) is 1. The molecule has 0 spiro atoms. The number of nitrogens with zero attached hydrogens (tertiary/aromatic N) is 1. The minimum atomic E-state index is 0.544. The summed E-state index contributed by atoms with van der Waals surface area (Å²) in [5.74, 6) is 0.969. The molecule has 0 radical (unpaired) electrons. The van der Waals surface area contributed by atoms with E-state index in [0.29, 0.717) is 6.04 Å². The fraction of sp³-hybridized carbons (Fsp3) is 0.600. The predicted octanol–water partition coefficient (Wildman–Crippen LogP) is 2.44. The minimum absolute atomic E-state index is 0.544. The van der Waals surface area contributed by atoms with E-state index in [1.807, 2.05) is 6.92 Å². The maximum absolute atomic E-state index is 5.50. The molecule has 1 atom stereocenters. The van der Waals surface area contributed by atoms with Crippen molar-refractivity contribution in [3.63, 3.8) is 0 Å². The van der Waals surface area contributed by atoms with Gasteiger partial charge in [-0.3, -0.25) is 4.90 Å². The quantitative estimate of drug-likeness (QED) is 0.866. The van der Waals surface area contributed by atoms with E-state index in [4.69, 9.17) is 4.74 Å². The van der Waals surface area contributed by atoms with E-state index in [1.54, 1.807) is 0 Å². The van der Waals surface area contributed by atoms with E-state index in [9.17, 15) is 0 Å². The van der Waals surface area contributed by atoms with Crippen LogP contribution in [-0.2, 0) is 0 Å². The number of benzene rings is 1. The van der Waals surface area contributed by atoms with Crippen LogP contribution in [-0.4, -0.2) is 37.7 Å². The molecule has 0 saturated carbocycles. The van der Waals surface area contributed by atoms with Gasteiger partial charge in [0.15, 0.2) is 0 Å². The summed E-state index contributed by atoms with van der Waals surface area (Å²) in [7, 11) is 0. The predicted molar refractivity (Wildman–Crippen MR) is 75.1 cm³/mol. The molecule has 3 nitrogen and oxygen atoms in total. The van der Waals surface area contributed by atoms with Crippen LogP contribution in [0.3, 0.4) is 0 Å². The third-order valence-electron chi connectivity index (χ3n) is 3.55. The largest absolute Gasteiger partial charge is 0.494 e. The minimum Gasteiger partial charge on any atom is -0.494 e. The van der Waals surface area contributed by atoms with Crippen molar-refractivity contribution in [2.24, 2.45) is 0 Å². The van der Waals surface area contributed by atoms with Gasteiger partial charge in [-0.2, -0.15) is 0 Å². The van der Waals surface area contributed by atoms with Crippen LogP contribution in [0.5, 0.6) is 5.75 Å². The highest BCUT2D eigenvalue weighted by Gasteiger charge is 2.20. The first-order valence-electron chi connectivity index (χ1n) is 7.02. The highest BCUT2D eigenvalue weighted by molar-refractivity contribution is 5.29. The molecule has 1 fully saturated rings. The van der Waals surface area contributed by atoms with Crippen molar-refractivity contribution >= 4 is 0 Å². The van der Waals surface area contributed by atoms with E-state index in [1.165, 1.54) is 5.56 Å². The van der Waals surface area contributed by atoms with Gasteiger partial charge in [0.1, 0.15) is 5.75 Å². The summed E-state index contributed by atoms with van der Waals surface area (Å²) in [6.07, 6.45) is 1.16. The Morgan fingerprint density at radius 3 is 2.39 bits per heavy atom. The highest BCUT2D eigenvalue weighted by Crippen LogP contribution is 2.26. The van der Waals surface area contributed by atoms with Crippen molar-refractivity contribution < 1.29 is 4.74 Å². The average molecular weight is 248 g/mol. The van der Waals surface area contributed by atoms with Gasteiger partial charge < -0.3 is 10.1 Å². The Morgan fingerprint density at radius 2 is 1.83 bits per heavy atom. The lowest BCUT2D eigenvalue weighted by molar-refractivity contribution is 0.169. The lowest BCUT2D eigenvalue weighted by Crippen LogP contribution is -2.45. The Labute approximate surface area is 110 Å². The zero-order valence-electron chi connectivity index (χ0n) is 11.5. The van der Waals surface area contributed by atoms with Gasteiger partial charge in [0.25, 0.3) is 0 Å². The summed E-state index contributed by atoms with van der Waals surface area (Å²) in [5.41, 5.74) is 1.41. The van der Waals surface area contributed by atoms with Gasteiger partial charge in [-0.15, -0.1) is 0 Å². The van der Waals surface area contributed by atoms with Crippen LogP contribution in [0.4, 0.5) is 0 Å². The molecular formula is C15H24N2O. The molecule has 3 heteroatoms. The molecule has 0 aromatic heterocycles. The van der Waals surface area contributed by atoms with E-state index in [2.05, 4.69) is 41.4 Å². The fourth-order valence-corrected chi connectivity index (χ4v) is 2.65. The molecule has 1 heterocycles. The summed E-state index contributed by atoms with van der Waals surface area (Å²) in [5, 5.41) is 3.41. The first-order chi connectivity index (χ1) is 8.85. The smallest absolute Gasteiger partial charge is 0.119 e. The normalized spacial score (nSPS) is 18.6. The third kappa shape index (κ3) is 3.24. The maximum Gasteiger partial charge on any atom is 0.119 e. The molecule has 100 valence electrons. The van der Waals surface area contributed by atoms with Gasteiger partial charge in [-0.25, -0.2) is 0 Å². The van der Waals surface area contributed by atoms with Gasteiger partial charge in [-0.05, 0) is 31.0 Å². The molecule has 0 amide bonds. The Hall–Kier alpha value is -1.06. The molecule has 2 rings (SSSR count). The number of hydrogen-bond acceptors (Lipinski definition) is 3. The SMILES string of the molecule is CCOc1ccc([C@@H](CC)N2CCNCC2)cc1. The molecule has 1 aliphatic heterocycles. The molecule has 0 aliphatic carbocycles. The van der Waals surface area contributed by atoms with Crippen LogP contribution in [0.1, 0.15) is 31.9 Å². The van der Waals surface area contributed by atoms with Crippen molar-refractivity contribution in [3.8, 4) is 5.75 Å². The van der Waals surface area contributed by atoms with Gasteiger partial charge >= 0.3 is 0 Å². The zero-order chi connectivity index (χ0) is 12.8. The molecule has 1 N–H and O–H groups in total. The van der Waals surface area contributed by atoms with Crippen LogP contribution in [0, 0.1) is 0 Å². The molecule has 18 heavy (non-hydrogen) atoms. The first kappa shape index (κ1) is 13.4. The van der Waals surface area contributed by atoms with Crippen molar-refractivity contribution in [1.29, 1.82) is 0 Å². The van der Waals surface area contributed by atoms with Crippen LogP contribution in [0.2, 0.25) is 0 Å². The maximum atomic E-state index is 5.50. The fourth-order valence-electron chi connectivity index (χ4n) is 2.65. The van der Waals surface area contributed by atoms with Crippen LogP contribution in [0.15, 0.2) is 24.3 Å². The number of hydrogen-bond donors (Lipinski definition) is 1. The number of piperazine rings is 1. The lowest BCUT2D eigenvalue weighted by Gasteiger charge is -2.34. The van der Waals surface area contributed by atoms with Gasteiger partial charge in [0, 0.05) is 32.2 Å². The Kier molecular flexibility index (Phi) is 5.02. The molecule has 1 aromatic carbocycles. The van der Waals surface area contributed by atoms with Crippen LogP contribution in [0.25, 0.3) is 0 Å². The molecule has 1 aliphatic rings. The van der Waals surface area contributed by atoms with Gasteiger partial charge in [0.05, 0.1) is 6.61 Å². The zero-order valence-corrected chi connectivity index (χ0v) is 11.5. The average Bonchev–Trinajstić information content (AvgIpc) is 2.43. The highest BCUT2D eigenvalue weighted by atomic mass is 16.5. The monoisotopic (exact) mass is 248 g/mol. The standard InChI is InChI=1S/C15H24N2O/c1-3-15(17-11-9-16-10-12-17)13-5-7-14(8-6-13)18-4-2/h5-8,15-16H,3-4,9-12H2,1-2H3/t15-/m1/s1. The Morgan fingerprint density at radius 1 is 1.17 bits per heavy atom. The molecular weight excluding hydrogens is 224 g/mol. The summed E-state index contributed by atoms with van der Waals surface area (Å²) < 4.78 is 5.50. The Bertz CT molecular complexity index is 344. The summed E-state index contributed by atoms with van der Waals surface area (Å²) in [6.45, 7) is 9.51. The van der Waals surface area contributed by atoms with Gasteiger partial charge in [0.2, 0.25) is 0 Å². The summed E-state index contributed by atoms with van der Waals surface area (Å²) >= 11 is 0. The van der Waals surface area contributed by atoms with E-state index >= 15 is 0 Å². The number of nitrogens with one attached hydrogen (secondary N) is 1. The van der Waals surface area contributed by atoms with Crippen molar-refractivity contribution in [1.82, 2.24) is 10.2 Å².